The van der Waals surface area contributed by atoms with Crippen LogP contribution in [0.25, 0.3) is 0 Å². The summed E-state index contributed by atoms with van der Waals surface area (Å²) in [6, 6.07) is 9.03. The van der Waals surface area contributed by atoms with Crippen LogP contribution in [0.2, 0.25) is 0 Å². The van der Waals surface area contributed by atoms with Crippen molar-refractivity contribution in [3.8, 4) is 28.7 Å². The van der Waals surface area contributed by atoms with E-state index in [0.717, 1.165) is 5.69 Å². The minimum Gasteiger partial charge on any atom is -0.493 e. The maximum Gasteiger partial charge on any atom is 0.249 e. The highest BCUT2D eigenvalue weighted by molar-refractivity contribution is 5.67. The molecular weight excluding hydrogens is 378 g/mol. The quantitative estimate of drug-likeness (QED) is 0.617. The molecule has 0 saturated heterocycles. The van der Waals surface area contributed by atoms with Gasteiger partial charge in [0.25, 0.3) is 0 Å². The molecule has 0 saturated carbocycles. The van der Waals surface area contributed by atoms with Crippen LogP contribution in [-0.4, -0.2) is 43.3 Å². The molecule has 1 aromatic heterocycles. The number of hydrogen-bond acceptors (Lipinski definition) is 10. The summed E-state index contributed by atoms with van der Waals surface area (Å²) in [6.07, 6.45) is 1.52. The summed E-state index contributed by atoms with van der Waals surface area (Å²) in [7, 11) is 4.65. The van der Waals surface area contributed by atoms with E-state index in [1.807, 2.05) is 18.2 Å². The molecule has 2 aromatic carbocycles. The molecule has 2 heterocycles. The van der Waals surface area contributed by atoms with Gasteiger partial charge in [0.1, 0.15) is 0 Å². The van der Waals surface area contributed by atoms with Gasteiger partial charge in [-0.15, -0.1) is 5.10 Å². The fourth-order valence-electron chi connectivity index (χ4n) is 2.82. The van der Waals surface area contributed by atoms with Crippen LogP contribution < -0.4 is 34.3 Å². The zero-order valence-electron chi connectivity index (χ0n) is 16.1. The van der Waals surface area contributed by atoms with E-state index in [1.54, 1.807) is 33.5 Å². The van der Waals surface area contributed by atoms with Crippen LogP contribution in [0.4, 0.5) is 23.1 Å². The van der Waals surface area contributed by atoms with Crippen LogP contribution >= 0.6 is 0 Å². The van der Waals surface area contributed by atoms with E-state index < -0.39 is 0 Å². The summed E-state index contributed by atoms with van der Waals surface area (Å²) in [5, 5.41) is 14.3. The number of benzene rings is 2. The Kier molecular flexibility index (Phi) is 5.06. The number of fused-ring (bicyclic) bond motifs is 1. The first-order valence-electron chi connectivity index (χ1n) is 8.63. The van der Waals surface area contributed by atoms with Gasteiger partial charge >= 0.3 is 0 Å². The van der Waals surface area contributed by atoms with E-state index >= 15 is 0 Å². The summed E-state index contributed by atoms with van der Waals surface area (Å²) >= 11 is 0. The van der Waals surface area contributed by atoms with Crippen molar-refractivity contribution in [2.75, 3.05) is 38.8 Å². The number of anilines is 4. The second kappa shape index (κ2) is 7.97. The van der Waals surface area contributed by atoms with E-state index in [9.17, 15) is 0 Å². The van der Waals surface area contributed by atoms with Gasteiger partial charge in [-0.2, -0.15) is 10.1 Å². The normalized spacial score (nSPS) is 11.7. The molecule has 0 atom stereocenters. The van der Waals surface area contributed by atoms with Gasteiger partial charge in [-0.05, 0) is 12.1 Å². The minimum atomic E-state index is 0.219. The van der Waals surface area contributed by atoms with E-state index in [-0.39, 0.29) is 6.79 Å². The van der Waals surface area contributed by atoms with Crippen molar-refractivity contribution in [1.82, 2.24) is 15.2 Å². The second-order valence-electron chi connectivity index (χ2n) is 5.90. The van der Waals surface area contributed by atoms with Gasteiger partial charge in [0.05, 0.1) is 27.5 Å². The Bertz CT molecular complexity index is 1000. The third kappa shape index (κ3) is 3.86. The number of hydrogen-bond donors (Lipinski definition) is 2. The largest absolute Gasteiger partial charge is 0.493 e. The Balaban J connectivity index is 1.55. The molecule has 0 aliphatic carbocycles. The summed E-state index contributed by atoms with van der Waals surface area (Å²) in [4.78, 5) is 4.43. The summed E-state index contributed by atoms with van der Waals surface area (Å²) in [5.41, 5.74) is 1.44. The fraction of sp³-hybridized carbons (Fsp3) is 0.211. The maximum absolute atomic E-state index is 5.39. The Hall–Kier alpha value is -3.95. The number of nitrogens with zero attached hydrogens (tertiary/aromatic N) is 3. The number of rotatable bonds is 7. The smallest absolute Gasteiger partial charge is 0.249 e. The van der Waals surface area contributed by atoms with Crippen LogP contribution in [0.15, 0.2) is 36.5 Å². The average Bonchev–Trinajstić information content (AvgIpc) is 3.21. The molecule has 0 amide bonds. The van der Waals surface area contributed by atoms with Crippen molar-refractivity contribution in [2.24, 2.45) is 0 Å². The first-order chi connectivity index (χ1) is 14.2. The van der Waals surface area contributed by atoms with Crippen LogP contribution in [0.5, 0.6) is 28.7 Å². The highest BCUT2D eigenvalue weighted by Crippen LogP contribution is 2.40. The minimum absolute atomic E-state index is 0.219. The third-order valence-electron chi connectivity index (χ3n) is 4.12. The molecule has 4 rings (SSSR count). The van der Waals surface area contributed by atoms with Crippen molar-refractivity contribution in [3.05, 3.63) is 36.5 Å². The van der Waals surface area contributed by atoms with Gasteiger partial charge in [0.2, 0.25) is 18.5 Å². The van der Waals surface area contributed by atoms with Crippen molar-refractivity contribution >= 4 is 23.1 Å². The van der Waals surface area contributed by atoms with Crippen molar-refractivity contribution in [1.29, 1.82) is 0 Å². The van der Waals surface area contributed by atoms with Gasteiger partial charge in [0, 0.05) is 29.6 Å². The first-order valence-corrected chi connectivity index (χ1v) is 8.63. The SMILES string of the molecule is COc1cc(Nc2nncc(Nc3ccc4c(c3)OCO4)n2)cc(OC)c1OC. The van der Waals surface area contributed by atoms with Crippen LogP contribution in [0.3, 0.4) is 0 Å². The van der Waals surface area contributed by atoms with Gasteiger partial charge in [-0.3, -0.25) is 0 Å². The van der Waals surface area contributed by atoms with E-state index in [0.29, 0.717) is 46.2 Å². The summed E-state index contributed by atoms with van der Waals surface area (Å²) in [6.45, 7) is 0.219. The third-order valence-corrected chi connectivity index (χ3v) is 4.12. The molecule has 0 unspecified atom stereocenters. The molecule has 0 spiro atoms. The van der Waals surface area contributed by atoms with Gasteiger partial charge in [-0.25, -0.2) is 0 Å². The van der Waals surface area contributed by atoms with Gasteiger partial charge < -0.3 is 34.3 Å². The molecule has 1 aliphatic heterocycles. The highest BCUT2D eigenvalue weighted by atomic mass is 16.7. The van der Waals surface area contributed by atoms with Gasteiger partial charge in [0.15, 0.2) is 28.8 Å². The first kappa shape index (κ1) is 18.4. The highest BCUT2D eigenvalue weighted by Gasteiger charge is 2.15. The maximum atomic E-state index is 5.39. The zero-order valence-corrected chi connectivity index (χ0v) is 16.1. The number of methoxy groups -OCH3 is 3. The van der Waals surface area contributed by atoms with E-state index in [4.69, 9.17) is 23.7 Å². The lowest BCUT2D eigenvalue weighted by Crippen LogP contribution is -2.03. The lowest BCUT2D eigenvalue weighted by atomic mass is 10.2. The second-order valence-corrected chi connectivity index (χ2v) is 5.90. The Morgan fingerprint density at radius 3 is 2.34 bits per heavy atom. The molecule has 1 aliphatic rings. The summed E-state index contributed by atoms with van der Waals surface area (Å²) in [5.74, 6) is 3.71. The van der Waals surface area contributed by atoms with Crippen molar-refractivity contribution < 1.29 is 23.7 Å². The fourth-order valence-corrected chi connectivity index (χ4v) is 2.82. The lowest BCUT2D eigenvalue weighted by Gasteiger charge is -2.14. The number of nitrogens with one attached hydrogen (secondary N) is 2. The van der Waals surface area contributed by atoms with Crippen LogP contribution in [-0.2, 0) is 0 Å². The molecule has 10 heteroatoms. The molecule has 0 bridgehead atoms. The van der Waals surface area contributed by atoms with Crippen LogP contribution in [0, 0.1) is 0 Å². The summed E-state index contributed by atoms with van der Waals surface area (Å²) < 4.78 is 26.8. The van der Waals surface area contributed by atoms with Crippen molar-refractivity contribution in [3.63, 3.8) is 0 Å². The standard InChI is InChI=1S/C19H19N5O5/c1-25-15-7-12(8-16(26-2)18(15)27-3)22-19-23-17(9-20-24-19)21-11-4-5-13-14(6-11)29-10-28-13/h4-9H,10H2,1-3H3,(H2,21,22,23,24). The molecule has 2 N–H and O–H groups in total. The lowest BCUT2D eigenvalue weighted by molar-refractivity contribution is 0.174. The zero-order chi connectivity index (χ0) is 20.2. The average molecular weight is 397 g/mol. The monoisotopic (exact) mass is 397 g/mol. The predicted octanol–water partition coefficient (Wildman–Crippen LogP) is 3.11. The molecule has 0 radical (unpaired) electrons. The predicted molar refractivity (Wildman–Crippen MR) is 105 cm³/mol. The van der Waals surface area contributed by atoms with Gasteiger partial charge in [-0.1, -0.05) is 0 Å². The topological polar surface area (TPSA) is 109 Å². The van der Waals surface area contributed by atoms with Crippen LogP contribution in [0.1, 0.15) is 0 Å². The molecule has 3 aromatic rings. The number of ether oxygens (including phenoxy) is 5. The molecule has 10 nitrogen and oxygen atoms in total. The molecule has 29 heavy (non-hydrogen) atoms. The molecule has 150 valence electrons. The Morgan fingerprint density at radius 2 is 1.62 bits per heavy atom. The Labute approximate surface area is 166 Å². The number of aromatic nitrogens is 3. The van der Waals surface area contributed by atoms with Crippen molar-refractivity contribution in [2.45, 2.75) is 0 Å². The molecular formula is C19H19N5O5. The molecule has 0 fully saturated rings. The van der Waals surface area contributed by atoms with E-state index in [2.05, 4.69) is 25.8 Å². The van der Waals surface area contributed by atoms with E-state index in [1.165, 1.54) is 6.20 Å². The Morgan fingerprint density at radius 1 is 0.862 bits per heavy atom.